The van der Waals surface area contributed by atoms with E-state index in [1.54, 1.807) is 18.2 Å². The van der Waals surface area contributed by atoms with Crippen molar-refractivity contribution >= 4 is 29.6 Å². The molecule has 2 N–H and O–H groups in total. The highest BCUT2D eigenvalue weighted by atomic mass is 35.5. The van der Waals surface area contributed by atoms with Crippen LogP contribution in [0.4, 0.5) is 0 Å². The zero-order chi connectivity index (χ0) is 15.0. The largest absolute Gasteiger partial charge is 0.481 e. The van der Waals surface area contributed by atoms with Gasteiger partial charge in [0.25, 0.3) is 0 Å². The molecule has 20 heavy (non-hydrogen) atoms. The summed E-state index contributed by atoms with van der Waals surface area (Å²) < 4.78 is 0. The molecular weight excluding hydrogens is 278 g/mol. The monoisotopic (exact) mass is 295 g/mol. The van der Waals surface area contributed by atoms with Crippen molar-refractivity contribution in [2.75, 3.05) is 6.54 Å². The van der Waals surface area contributed by atoms with Crippen LogP contribution in [0.2, 0.25) is 5.02 Å². The number of nitrogens with one attached hydrogen (secondary N) is 1. The standard InChI is InChI=1S/C15H18ClNO3/c1-2-5-12(15(19)20)10-17-14(18)9-8-11-6-3-4-7-13(11)16/h3-4,6-9,12H,2,5,10H2,1H3,(H,17,18)(H,19,20). The number of amides is 1. The lowest BCUT2D eigenvalue weighted by atomic mass is 10.0. The number of carboxylic acid groups (broad SMARTS) is 1. The Balaban J connectivity index is 2.51. The van der Waals surface area contributed by atoms with Gasteiger partial charge in [-0.05, 0) is 24.1 Å². The smallest absolute Gasteiger partial charge is 0.308 e. The topological polar surface area (TPSA) is 66.4 Å². The molecule has 0 aliphatic carbocycles. The zero-order valence-corrected chi connectivity index (χ0v) is 12.1. The molecule has 0 saturated carbocycles. The van der Waals surface area contributed by atoms with E-state index in [1.165, 1.54) is 6.08 Å². The van der Waals surface area contributed by atoms with Gasteiger partial charge in [0, 0.05) is 17.6 Å². The van der Waals surface area contributed by atoms with E-state index in [0.717, 1.165) is 12.0 Å². The Morgan fingerprint density at radius 3 is 2.70 bits per heavy atom. The third-order valence-corrected chi connectivity index (χ3v) is 3.17. The maximum atomic E-state index is 11.6. The summed E-state index contributed by atoms with van der Waals surface area (Å²) in [6.07, 6.45) is 4.27. The molecule has 1 rings (SSSR count). The van der Waals surface area contributed by atoms with Gasteiger partial charge in [-0.25, -0.2) is 0 Å². The first-order valence-electron chi connectivity index (χ1n) is 6.47. The average molecular weight is 296 g/mol. The van der Waals surface area contributed by atoms with Crippen molar-refractivity contribution in [2.45, 2.75) is 19.8 Å². The molecule has 0 heterocycles. The van der Waals surface area contributed by atoms with Crippen molar-refractivity contribution in [3.8, 4) is 0 Å². The number of aliphatic carboxylic acids is 1. The molecule has 0 bridgehead atoms. The van der Waals surface area contributed by atoms with Crippen molar-refractivity contribution in [3.63, 3.8) is 0 Å². The number of carbonyl (C=O) groups is 2. The van der Waals surface area contributed by atoms with Crippen LogP contribution in [0.5, 0.6) is 0 Å². The first-order chi connectivity index (χ1) is 9.54. The molecule has 0 aromatic heterocycles. The second-order valence-electron chi connectivity index (χ2n) is 4.42. The lowest BCUT2D eigenvalue weighted by Gasteiger charge is -2.11. The van der Waals surface area contributed by atoms with Gasteiger partial charge in [0.15, 0.2) is 0 Å². The van der Waals surface area contributed by atoms with Crippen molar-refractivity contribution in [3.05, 3.63) is 40.9 Å². The van der Waals surface area contributed by atoms with Gasteiger partial charge in [0.2, 0.25) is 5.91 Å². The molecule has 5 heteroatoms. The highest BCUT2D eigenvalue weighted by molar-refractivity contribution is 6.32. The van der Waals surface area contributed by atoms with E-state index in [9.17, 15) is 9.59 Å². The minimum Gasteiger partial charge on any atom is -0.481 e. The summed E-state index contributed by atoms with van der Waals surface area (Å²) in [5.74, 6) is -1.76. The molecule has 0 radical (unpaired) electrons. The van der Waals surface area contributed by atoms with Gasteiger partial charge in [-0.3, -0.25) is 9.59 Å². The van der Waals surface area contributed by atoms with Crippen molar-refractivity contribution in [1.29, 1.82) is 0 Å². The second-order valence-corrected chi connectivity index (χ2v) is 4.83. The molecule has 1 atom stereocenters. The fraction of sp³-hybridized carbons (Fsp3) is 0.333. The molecular formula is C15H18ClNO3. The average Bonchev–Trinajstić information content (AvgIpc) is 2.42. The molecule has 0 saturated heterocycles. The fourth-order valence-electron chi connectivity index (χ4n) is 1.72. The van der Waals surface area contributed by atoms with E-state index in [0.29, 0.717) is 11.4 Å². The number of carbonyl (C=O) groups excluding carboxylic acids is 1. The lowest BCUT2D eigenvalue weighted by molar-refractivity contribution is -0.141. The summed E-state index contributed by atoms with van der Waals surface area (Å²) >= 11 is 5.96. The Bertz CT molecular complexity index is 500. The van der Waals surface area contributed by atoms with E-state index >= 15 is 0 Å². The first-order valence-corrected chi connectivity index (χ1v) is 6.85. The third-order valence-electron chi connectivity index (χ3n) is 2.83. The number of hydrogen-bond donors (Lipinski definition) is 2. The zero-order valence-electron chi connectivity index (χ0n) is 11.3. The molecule has 0 aliphatic heterocycles. The van der Waals surface area contributed by atoms with Gasteiger partial charge in [-0.15, -0.1) is 0 Å². The highest BCUT2D eigenvalue weighted by Gasteiger charge is 2.16. The van der Waals surface area contributed by atoms with Crippen molar-refractivity contribution in [1.82, 2.24) is 5.32 Å². The maximum absolute atomic E-state index is 11.6. The van der Waals surface area contributed by atoms with Crippen LogP contribution in [0.3, 0.4) is 0 Å². The van der Waals surface area contributed by atoms with Gasteiger partial charge in [0.05, 0.1) is 5.92 Å². The van der Waals surface area contributed by atoms with E-state index in [-0.39, 0.29) is 12.5 Å². The van der Waals surface area contributed by atoms with Crippen LogP contribution >= 0.6 is 11.6 Å². The summed E-state index contributed by atoms with van der Waals surface area (Å²) in [7, 11) is 0. The molecule has 0 spiro atoms. The summed E-state index contributed by atoms with van der Waals surface area (Å²) in [5.41, 5.74) is 0.743. The Morgan fingerprint density at radius 2 is 2.10 bits per heavy atom. The molecule has 0 aliphatic rings. The summed E-state index contributed by atoms with van der Waals surface area (Å²) in [6, 6.07) is 7.16. The van der Waals surface area contributed by atoms with Crippen LogP contribution in [-0.2, 0) is 9.59 Å². The van der Waals surface area contributed by atoms with E-state index in [2.05, 4.69) is 5.32 Å². The maximum Gasteiger partial charge on any atom is 0.308 e. The van der Waals surface area contributed by atoms with Gasteiger partial charge < -0.3 is 10.4 Å². The Hall–Kier alpha value is -1.81. The Morgan fingerprint density at radius 1 is 1.40 bits per heavy atom. The van der Waals surface area contributed by atoms with Crippen LogP contribution in [0.1, 0.15) is 25.3 Å². The number of carboxylic acids is 1. The summed E-state index contributed by atoms with van der Waals surface area (Å²) in [6.45, 7) is 2.05. The minimum atomic E-state index is -0.887. The second kappa shape index (κ2) is 8.38. The Kier molecular flexibility index (Phi) is 6.81. The van der Waals surface area contributed by atoms with Crippen LogP contribution < -0.4 is 5.32 Å². The van der Waals surface area contributed by atoms with Crippen molar-refractivity contribution < 1.29 is 14.7 Å². The molecule has 1 aromatic rings. The van der Waals surface area contributed by atoms with Crippen LogP contribution in [0, 0.1) is 5.92 Å². The van der Waals surface area contributed by atoms with Crippen LogP contribution in [0.25, 0.3) is 6.08 Å². The molecule has 1 unspecified atom stereocenters. The van der Waals surface area contributed by atoms with E-state index in [1.807, 2.05) is 19.1 Å². The highest BCUT2D eigenvalue weighted by Crippen LogP contribution is 2.16. The molecule has 1 amide bonds. The fourth-order valence-corrected chi connectivity index (χ4v) is 1.92. The van der Waals surface area contributed by atoms with Crippen molar-refractivity contribution in [2.24, 2.45) is 5.92 Å². The van der Waals surface area contributed by atoms with E-state index < -0.39 is 11.9 Å². The minimum absolute atomic E-state index is 0.134. The van der Waals surface area contributed by atoms with Gasteiger partial charge in [-0.2, -0.15) is 0 Å². The number of rotatable bonds is 7. The van der Waals surface area contributed by atoms with Gasteiger partial charge >= 0.3 is 5.97 Å². The number of benzene rings is 1. The van der Waals surface area contributed by atoms with Crippen LogP contribution in [-0.4, -0.2) is 23.5 Å². The predicted octanol–water partition coefficient (Wildman–Crippen LogP) is 2.97. The number of halogens is 1. The van der Waals surface area contributed by atoms with Crippen LogP contribution in [0.15, 0.2) is 30.3 Å². The quantitative estimate of drug-likeness (QED) is 0.760. The molecule has 0 fully saturated rings. The predicted molar refractivity (Wildman–Crippen MR) is 79.5 cm³/mol. The summed E-state index contributed by atoms with van der Waals surface area (Å²) in [4.78, 5) is 22.6. The van der Waals surface area contributed by atoms with E-state index in [4.69, 9.17) is 16.7 Å². The lowest BCUT2D eigenvalue weighted by Crippen LogP contribution is -2.31. The Labute approximate surface area is 123 Å². The first kappa shape index (κ1) is 16.2. The third kappa shape index (κ3) is 5.45. The van der Waals surface area contributed by atoms with Gasteiger partial charge in [0.1, 0.15) is 0 Å². The SMILES string of the molecule is CCCC(CNC(=O)C=Cc1ccccc1Cl)C(=O)O. The normalized spacial score (nSPS) is 12.3. The molecule has 108 valence electrons. The summed E-state index contributed by atoms with van der Waals surface area (Å²) in [5, 5.41) is 12.1. The molecule has 1 aromatic carbocycles. The molecule has 4 nitrogen and oxygen atoms in total. The number of hydrogen-bond acceptors (Lipinski definition) is 2. The van der Waals surface area contributed by atoms with Gasteiger partial charge in [-0.1, -0.05) is 43.1 Å².